The maximum Gasteiger partial charge on any atom is 0.516 e. The first-order chi connectivity index (χ1) is 19.6. The Labute approximate surface area is 234 Å². The van der Waals surface area contributed by atoms with Crippen LogP contribution >= 0.6 is 0 Å². The van der Waals surface area contributed by atoms with Gasteiger partial charge in [-0.1, -0.05) is 54.6 Å². The van der Waals surface area contributed by atoms with Crippen LogP contribution in [-0.2, 0) is 20.0 Å². The number of rotatable bonds is 4. The number of nitrogens with zero attached hydrogens (tertiary/aromatic N) is 2. The van der Waals surface area contributed by atoms with Crippen LogP contribution in [0.1, 0.15) is 23.6 Å². The van der Waals surface area contributed by atoms with Crippen LogP contribution in [0.2, 0.25) is 0 Å². The molecule has 0 spiro atoms. The molecule has 8 nitrogen and oxygen atoms in total. The summed E-state index contributed by atoms with van der Waals surface area (Å²) < 4.78 is 146. The molecule has 2 heterocycles. The van der Waals surface area contributed by atoms with Gasteiger partial charge in [0.25, 0.3) is 0 Å². The Kier molecular flexibility index (Phi) is 6.10. The summed E-state index contributed by atoms with van der Waals surface area (Å²) in [5.41, 5.74) is -12.5. The Morgan fingerprint density at radius 3 is 1.29 bits per heavy atom. The molecule has 0 saturated carbocycles. The summed E-state index contributed by atoms with van der Waals surface area (Å²) in [6, 6.07) is 18.5. The first-order valence-corrected chi connectivity index (χ1v) is 14.8. The quantitative estimate of drug-likeness (QED) is 0.246. The van der Waals surface area contributed by atoms with Gasteiger partial charge in [0.1, 0.15) is 11.5 Å². The van der Waals surface area contributed by atoms with Crippen molar-refractivity contribution < 1.29 is 52.7 Å². The molecule has 2 atom stereocenters. The molecule has 4 aliphatic rings. The molecule has 0 amide bonds. The lowest BCUT2D eigenvalue weighted by Gasteiger charge is -2.26. The zero-order chi connectivity index (χ0) is 30.2. The van der Waals surface area contributed by atoms with Crippen LogP contribution in [0.25, 0.3) is 11.1 Å². The first kappa shape index (κ1) is 28.0. The van der Waals surface area contributed by atoms with E-state index in [0.717, 1.165) is 18.2 Å². The number of hydrogen-bond acceptors (Lipinski definition) is 6. The number of anilines is 2. The molecule has 0 bridgehead atoms. The Morgan fingerprint density at radius 1 is 0.548 bits per heavy atom. The second-order valence-corrected chi connectivity index (χ2v) is 12.8. The maximum absolute atomic E-state index is 13.9. The third-order valence-corrected chi connectivity index (χ3v) is 9.70. The average Bonchev–Trinajstić information content (AvgIpc) is 3.53. The van der Waals surface area contributed by atoms with E-state index in [1.54, 1.807) is 0 Å². The SMILES string of the molecule is O=S(=O)(N1c2ccccc2OC1c1cc(C2Oc3ccccc3N2S(=O)(=O)C(F)(F)F)c2cccccc1-2)C(F)(F)F. The Balaban J connectivity index is 1.58. The molecule has 2 aromatic carbocycles. The van der Waals surface area contributed by atoms with Gasteiger partial charge in [-0.05, 0) is 41.5 Å². The van der Waals surface area contributed by atoms with Crippen molar-refractivity contribution in [1.29, 1.82) is 0 Å². The van der Waals surface area contributed by atoms with Crippen molar-refractivity contribution in [3.63, 3.8) is 0 Å². The molecule has 6 rings (SSSR count). The lowest BCUT2D eigenvalue weighted by Crippen LogP contribution is -2.42. The predicted molar refractivity (Wildman–Crippen MR) is 138 cm³/mol. The van der Waals surface area contributed by atoms with Gasteiger partial charge in [-0.3, -0.25) is 0 Å². The molecule has 0 radical (unpaired) electrons. The van der Waals surface area contributed by atoms with E-state index in [-0.39, 0.29) is 42.4 Å². The van der Waals surface area contributed by atoms with E-state index < -0.39 is 54.9 Å². The van der Waals surface area contributed by atoms with E-state index in [1.807, 2.05) is 0 Å². The largest absolute Gasteiger partial charge is 0.516 e. The predicted octanol–water partition coefficient (Wildman–Crippen LogP) is 6.29. The number of alkyl halides is 6. The van der Waals surface area contributed by atoms with Crippen molar-refractivity contribution in [2.45, 2.75) is 23.5 Å². The van der Waals surface area contributed by atoms with Crippen molar-refractivity contribution in [3.05, 3.63) is 96.1 Å². The van der Waals surface area contributed by atoms with E-state index in [0.29, 0.717) is 0 Å². The van der Waals surface area contributed by atoms with Crippen molar-refractivity contribution in [1.82, 2.24) is 0 Å². The van der Waals surface area contributed by atoms with E-state index in [9.17, 15) is 43.2 Å². The van der Waals surface area contributed by atoms with E-state index >= 15 is 0 Å². The molecule has 220 valence electrons. The zero-order valence-corrected chi connectivity index (χ0v) is 22.3. The minimum absolute atomic E-state index is 0.0440. The topological polar surface area (TPSA) is 93.2 Å². The third kappa shape index (κ3) is 4.03. The highest BCUT2D eigenvalue weighted by Gasteiger charge is 2.58. The minimum Gasteiger partial charge on any atom is -0.463 e. The molecule has 0 saturated heterocycles. The van der Waals surface area contributed by atoms with Gasteiger partial charge < -0.3 is 9.47 Å². The summed E-state index contributed by atoms with van der Waals surface area (Å²) in [6.45, 7) is 0. The van der Waals surface area contributed by atoms with Gasteiger partial charge in [-0.15, -0.1) is 0 Å². The van der Waals surface area contributed by atoms with E-state index in [4.69, 9.17) is 9.47 Å². The highest BCUT2D eigenvalue weighted by atomic mass is 32.2. The number of fused-ring (bicyclic) bond motifs is 3. The van der Waals surface area contributed by atoms with E-state index in [1.165, 1.54) is 66.7 Å². The fourth-order valence-corrected chi connectivity index (χ4v) is 7.05. The zero-order valence-electron chi connectivity index (χ0n) is 20.7. The summed E-state index contributed by atoms with van der Waals surface area (Å²) in [5.74, 6) is -0.394. The van der Waals surface area contributed by atoms with Crippen LogP contribution in [0.5, 0.6) is 11.5 Å². The normalized spacial score (nSPS) is 18.9. The van der Waals surface area contributed by atoms with Crippen LogP contribution in [-0.4, -0.2) is 27.9 Å². The van der Waals surface area contributed by atoms with Crippen molar-refractivity contribution in [2.24, 2.45) is 0 Å². The first-order valence-electron chi connectivity index (χ1n) is 11.9. The van der Waals surface area contributed by atoms with Crippen LogP contribution < -0.4 is 18.1 Å². The number of halogens is 6. The van der Waals surface area contributed by atoms with Crippen LogP contribution in [0.15, 0.2) is 84.9 Å². The molecule has 2 aliphatic carbocycles. The summed E-state index contributed by atoms with van der Waals surface area (Å²) >= 11 is 0. The minimum atomic E-state index is -6.06. The number of hydrogen-bond donors (Lipinski definition) is 0. The fraction of sp³-hybridized carbons (Fsp3) is 0.154. The maximum atomic E-state index is 13.9. The Hall–Kier alpha value is -4.18. The Morgan fingerprint density at radius 2 is 0.905 bits per heavy atom. The molecular weight excluding hydrogens is 614 g/mol. The fourth-order valence-electron chi connectivity index (χ4n) is 4.96. The summed E-state index contributed by atoms with van der Waals surface area (Å²) in [5, 5.41) is 0. The molecule has 0 aromatic heterocycles. The van der Waals surface area contributed by atoms with Crippen molar-refractivity contribution in [2.75, 3.05) is 8.61 Å². The Bertz CT molecular complexity index is 1760. The van der Waals surface area contributed by atoms with Gasteiger partial charge in [0.15, 0.2) is 0 Å². The van der Waals surface area contributed by atoms with Gasteiger partial charge in [0.05, 0.1) is 11.4 Å². The van der Waals surface area contributed by atoms with Gasteiger partial charge in [-0.2, -0.15) is 43.2 Å². The number of sulfonamides is 2. The smallest absolute Gasteiger partial charge is 0.463 e. The molecular formula is C26H16F6N2O6S2. The van der Waals surface area contributed by atoms with Crippen LogP contribution in [0.4, 0.5) is 37.7 Å². The average molecular weight is 631 g/mol. The molecule has 42 heavy (non-hydrogen) atoms. The molecule has 16 heteroatoms. The molecule has 0 fully saturated rings. The van der Waals surface area contributed by atoms with Gasteiger partial charge in [-0.25, -0.2) is 8.61 Å². The standard InChI is InChI=1S/C26H16F6N2O6S2/c27-25(28,29)41(35,36)33-19-10-4-6-12-21(19)39-23(33)17-14-18(16-9-3-1-2-8-15(16)17)24-34(42(37,38)26(30,31)32)20-11-5-7-13-22(20)40-24/h1-14,23-24H. The lowest BCUT2D eigenvalue weighted by molar-refractivity contribution is -0.0450. The number of ether oxygens (including phenoxy) is 2. The molecule has 2 unspecified atom stereocenters. The highest BCUT2D eigenvalue weighted by molar-refractivity contribution is 7.94. The van der Waals surface area contributed by atoms with Gasteiger partial charge in [0.2, 0.25) is 12.5 Å². The number of para-hydroxylation sites is 4. The second-order valence-electron chi connectivity index (χ2n) is 9.16. The van der Waals surface area contributed by atoms with Crippen molar-refractivity contribution >= 4 is 31.4 Å². The van der Waals surface area contributed by atoms with Crippen molar-refractivity contribution in [3.8, 4) is 22.6 Å². The highest BCUT2D eigenvalue weighted by Crippen LogP contribution is 2.54. The summed E-state index contributed by atoms with van der Waals surface area (Å²) in [7, 11) is -12.1. The van der Waals surface area contributed by atoms with Gasteiger partial charge in [0, 0.05) is 11.1 Å². The summed E-state index contributed by atoms with van der Waals surface area (Å²) in [6.07, 6.45) is -3.91. The number of benzene rings is 2. The molecule has 2 aromatic rings. The lowest BCUT2D eigenvalue weighted by atomic mass is 10.1. The molecule has 0 N–H and O–H groups in total. The van der Waals surface area contributed by atoms with E-state index in [2.05, 4.69) is 0 Å². The monoisotopic (exact) mass is 630 g/mol. The third-order valence-electron chi connectivity index (χ3n) is 6.71. The van der Waals surface area contributed by atoms with Gasteiger partial charge >= 0.3 is 31.1 Å². The second kappa shape index (κ2) is 9.16. The van der Waals surface area contributed by atoms with Crippen LogP contribution in [0.3, 0.4) is 0 Å². The summed E-state index contributed by atoms with van der Waals surface area (Å²) in [4.78, 5) is 0. The molecule has 2 aliphatic heterocycles. The van der Waals surface area contributed by atoms with Crippen LogP contribution in [0, 0.1) is 0 Å².